The van der Waals surface area contributed by atoms with E-state index in [4.69, 9.17) is 4.74 Å². The number of morpholine rings is 1. The smallest absolute Gasteiger partial charge is 0.236 e. The monoisotopic (exact) mass is 254 g/mol. The van der Waals surface area contributed by atoms with E-state index in [1.54, 1.807) is 0 Å². The molecule has 0 aromatic heterocycles. The lowest BCUT2D eigenvalue weighted by Gasteiger charge is -2.44. The van der Waals surface area contributed by atoms with Gasteiger partial charge in [-0.05, 0) is 26.7 Å². The maximum absolute atomic E-state index is 12.2. The third-order valence-electron chi connectivity index (χ3n) is 4.35. The molecule has 0 unspecified atom stereocenters. The molecule has 1 aliphatic carbocycles. The number of amides is 1. The topological polar surface area (TPSA) is 32.8 Å². The average molecular weight is 254 g/mol. The van der Waals surface area contributed by atoms with E-state index < -0.39 is 0 Å². The van der Waals surface area contributed by atoms with E-state index in [-0.39, 0.29) is 11.9 Å². The zero-order valence-corrected chi connectivity index (χ0v) is 11.9. The number of fused-ring (bicyclic) bond motifs is 1. The van der Waals surface area contributed by atoms with Crippen molar-refractivity contribution in [3.63, 3.8) is 0 Å². The number of rotatable bonds is 3. The Morgan fingerprint density at radius 3 is 2.83 bits per heavy atom. The van der Waals surface area contributed by atoms with Crippen molar-refractivity contribution in [1.29, 1.82) is 0 Å². The van der Waals surface area contributed by atoms with Crippen molar-refractivity contribution in [2.24, 2.45) is 0 Å². The number of likely N-dealkylation sites (N-methyl/N-ethyl adjacent to an activating group) is 1. The molecule has 1 saturated carbocycles. The van der Waals surface area contributed by atoms with Gasteiger partial charge in [0.25, 0.3) is 0 Å². The predicted molar refractivity (Wildman–Crippen MR) is 71.5 cm³/mol. The van der Waals surface area contributed by atoms with Gasteiger partial charge in [-0.15, -0.1) is 0 Å². The van der Waals surface area contributed by atoms with Crippen LogP contribution in [0.2, 0.25) is 0 Å². The number of nitrogens with zero attached hydrogens (tertiary/aromatic N) is 2. The second-order valence-electron chi connectivity index (χ2n) is 5.83. The first-order chi connectivity index (χ1) is 8.59. The van der Waals surface area contributed by atoms with Crippen LogP contribution in [0.15, 0.2) is 0 Å². The Kier molecular flexibility index (Phi) is 4.62. The molecule has 2 atom stereocenters. The Morgan fingerprint density at radius 2 is 2.11 bits per heavy atom. The van der Waals surface area contributed by atoms with E-state index in [9.17, 15) is 4.79 Å². The molecule has 0 bridgehead atoms. The van der Waals surface area contributed by atoms with Gasteiger partial charge in [-0.2, -0.15) is 0 Å². The molecule has 1 heterocycles. The summed E-state index contributed by atoms with van der Waals surface area (Å²) >= 11 is 0. The third kappa shape index (κ3) is 3.04. The fraction of sp³-hybridized carbons (Fsp3) is 0.929. The van der Waals surface area contributed by atoms with Crippen molar-refractivity contribution in [3.05, 3.63) is 0 Å². The van der Waals surface area contributed by atoms with Gasteiger partial charge in [0.15, 0.2) is 0 Å². The number of carbonyl (C=O) groups is 1. The molecule has 1 saturated heterocycles. The Labute approximate surface area is 110 Å². The van der Waals surface area contributed by atoms with Gasteiger partial charge in [-0.3, -0.25) is 9.69 Å². The third-order valence-corrected chi connectivity index (χ3v) is 4.35. The van der Waals surface area contributed by atoms with Crippen LogP contribution in [0, 0.1) is 0 Å². The van der Waals surface area contributed by atoms with Crippen LogP contribution < -0.4 is 0 Å². The van der Waals surface area contributed by atoms with Crippen LogP contribution in [0.1, 0.15) is 39.5 Å². The highest BCUT2D eigenvalue weighted by atomic mass is 16.5. The SMILES string of the molecule is CC(C)N(C)C(=O)CN1CCO[C@H]2CCCC[C@H]21. The lowest BCUT2D eigenvalue weighted by molar-refractivity contribution is -0.139. The quantitative estimate of drug-likeness (QED) is 0.765. The van der Waals surface area contributed by atoms with Crippen LogP contribution in [-0.4, -0.2) is 60.6 Å². The Bertz CT molecular complexity index is 292. The van der Waals surface area contributed by atoms with Crippen LogP contribution in [-0.2, 0) is 9.53 Å². The normalized spacial score (nSPS) is 29.1. The molecule has 1 aliphatic heterocycles. The second-order valence-corrected chi connectivity index (χ2v) is 5.83. The fourth-order valence-corrected chi connectivity index (χ4v) is 2.95. The van der Waals surface area contributed by atoms with Crippen molar-refractivity contribution >= 4 is 5.91 Å². The zero-order chi connectivity index (χ0) is 13.1. The molecular weight excluding hydrogens is 228 g/mol. The summed E-state index contributed by atoms with van der Waals surface area (Å²) in [5.41, 5.74) is 0. The maximum atomic E-state index is 12.2. The number of hydrogen-bond donors (Lipinski definition) is 0. The highest BCUT2D eigenvalue weighted by molar-refractivity contribution is 5.78. The molecule has 0 spiro atoms. The van der Waals surface area contributed by atoms with Crippen molar-refractivity contribution in [1.82, 2.24) is 9.80 Å². The van der Waals surface area contributed by atoms with E-state index >= 15 is 0 Å². The summed E-state index contributed by atoms with van der Waals surface area (Å²) in [6, 6.07) is 0.748. The molecule has 2 fully saturated rings. The predicted octanol–water partition coefficient (Wildman–Crippen LogP) is 1.50. The van der Waals surface area contributed by atoms with Gasteiger partial charge in [0, 0.05) is 25.7 Å². The summed E-state index contributed by atoms with van der Waals surface area (Å²) in [5.74, 6) is 0.233. The molecule has 0 aromatic carbocycles. The minimum atomic E-state index is 0.233. The summed E-state index contributed by atoms with van der Waals surface area (Å²) in [5, 5.41) is 0. The molecule has 4 heteroatoms. The van der Waals surface area contributed by atoms with E-state index in [1.807, 2.05) is 11.9 Å². The van der Waals surface area contributed by atoms with Crippen LogP contribution in [0.25, 0.3) is 0 Å². The van der Waals surface area contributed by atoms with Crippen molar-refractivity contribution in [3.8, 4) is 0 Å². The molecular formula is C14H26N2O2. The van der Waals surface area contributed by atoms with Crippen molar-refractivity contribution in [2.45, 2.75) is 57.7 Å². The van der Waals surface area contributed by atoms with Crippen LogP contribution >= 0.6 is 0 Å². The minimum Gasteiger partial charge on any atom is -0.375 e. The highest BCUT2D eigenvalue weighted by Gasteiger charge is 2.35. The van der Waals surface area contributed by atoms with Gasteiger partial charge in [-0.1, -0.05) is 12.8 Å². The summed E-state index contributed by atoms with van der Waals surface area (Å²) < 4.78 is 5.84. The first kappa shape index (κ1) is 13.8. The van der Waals surface area contributed by atoms with Gasteiger partial charge >= 0.3 is 0 Å². The summed E-state index contributed by atoms with van der Waals surface area (Å²) in [6.45, 7) is 6.35. The van der Waals surface area contributed by atoms with E-state index in [1.165, 1.54) is 19.3 Å². The summed E-state index contributed by atoms with van der Waals surface area (Å²) in [7, 11) is 1.89. The molecule has 2 aliphatic rings. The highest BCUT2D eigenvalue weighted by Crippen LogP contribution is 2.28. The molecule has 1 amide bonds. The molecule has 0 aromatic rings. The fourth-order valence-electron chi connectivity index (χ4n) is 2.95. The Morgan fingerprint density at radius 1 is 1.39 bits per heavy atom. The van der Waals surface area contributed by atoms with E-state index in [0.717, 1.165) is 19.6 Å². The van der Waals surface area contributed by atoms with Gasteiger partial charge in [0.1, 0.15) is 0 Å². The van der Waals surface area contributed by atoms with Crippen molar-refractivity contribution in [2.75, 3.05) is 26.7 Å². The first-order valence-electron chi connectivity index (χ1n) is 7.21. The van der Waals surface area contributed by atoms with E-state index in [0.29, 0.717) is 18.7 Å². The van der Waals surface area contributed by atoms with E-state index in [2.05, 4.69) is 18.7 Å². The first-order valence-corrected chi connectivity index (χ1v) is 7.21. The van der Waals surface area contributed by atoms with Crippen molar-refractivity contribution < 1.29 is 9.53 Å². The lowest BCUT2D eigenvalue weighted by atomic mass is 9.90. The molecule has 104 valence electrons. The number of ether oxygens (including phenoxy) is 1. The molecule has 4 nitrogen and oxygen atoms in total. The van der Waals surface area contributed by atoms with Crippen LogP contribution in [0.5, 0.6) is 0 Å². The standard InChI is InChI=1S/C14H26N2O2/c1-11(2)15(3)14(17)10-16-8-9-18-13-7-5-4-6-12(13)16/h11-13H,4-10H2,1-3H3/t12-,13+/m1/s1. The molecule has 0 radical (unpaired) electrons. The van der Waals surface area contributed by atoms with Gasteiger partial charge in [0.05, 0.1) is 19.3 Å². The second kappa shape index (κ2) is 6.02. The zero-order valence-electron chi connectivity index (χ0n) is 11.9. The summed E-state index contributed by atoms with van der Waals surface area (Å²) in [6.07, 6.45) is 5.26. The van der Waals surface area contributed by atoms with Gasteiger partial charge < -0.3 is 9.64 Å². The maximum Gasteiger partial charge on any atom is 0.236 e. The summed E-state index contributed by atoms with van der Waals surface area (Å²) in [4.78, 5) is 16.4. The largest absolute Gasteiger partial charge is 0.375 e. The Balaban J connectivity index is 1.93. The van der Waals surface area contributed by atoms with Gasteiger partial charge in [-0.25, -0.2) is 0 Å². The lowest BCUT2D eigenvalue weighted by Crippen LogP contribution is -2.55. The number of hydrogen-bond acceptors (Lipinski definition) is 3. The minimum absolute atomic E-state index is 0.233. The molecule has 2 rings (SSSR count). The van der Waals surface area contributed by atoms with Crippen LogP contribution in [0.3, 0.4) is 0 Å². The average Bonchev–Trinajstić information content (AvgIpc) is 2.38. The molecule has 18 heavy (non-hydrogen) atoms. The number of carbonyl (C=O) groups excluding carboxylic acids is 1. The van der Waals surface area contributed by atoms with Crippen LogP contribution in [0.4, 0.5) is 0 Å². The molecule has 0 N–H and O–H groups in total. The Hall–Kier alpha value is -0.610. The van der Waals surface area contributed by atoms with Gasteiger partial charge in [0.2, 0.25) is 5.91 Å².